The number of hydrogen-bond acceptors (Lipinski definition) is 5. The Kier molecular flexibility index (Phi) is 9.00. The number of likely N-dealkylation sites (N-methyl/N-ethyl adjacent to an activating group) is 1. The van der Waals surface area contributed by atoms with Crippen molar-refractivity contribution in [3.8, 4) is 0 Å². The molecule has 160 valence electrons. The fraction of sp³-hybridized carbons (Fsp3) is 0.391. The lowest BCUT2D eigenvalue weighted by Gasteiger charge is -2.16. The Morgan fingerprint density at radius 3 is 2.47 bits per heavy atom. The zero-order chi connectivity index (χ0) is 21.9. The Morgan fingerprint density at radius 2 is 1.77 bits per heavy atom. The first-order valence-electron chi connectivity index (χ1n) is 10.1. The maximum Gasteiger partial charge on any atom is 0.306 e. The van der Waals surface area contributed by atoms with Crippen molar-refractivity contribution in [1.82, 2.24) is 10.6 Å². The van der Waals surface area contributed by atoms with Crippen molar-refractivity contribution in [2.75, 3.05) is 20.2 Å². The largest absolute Gasteiger partial charge is 0.466 e. The molecule has 0 saturated carbocycles. The van der Waals surface area contributed by atoms with Gasteiger partial charge in [-0.15, -0.1) is 0 Å². The Morgan fingerprint density at radius 1 is 1.03 bits per heavy atom. The molecule has 30 heavy (non-hydrogen) atoms. The fourth-order valence-corrected chi connectivity index (χ4v) is 3.03. The number of carbonyl (C=O) groups excluding carboxylic acids is 4. The van der Waals surface area contributed by atoms with Gasteiger partial charge in [0.05, 0.1) is 25.5 Å². The Labute approximate surface area is 176 Å². The highest BCUT2D eigenvalue weighted by Gasteiger charge is 2.24. The molecule has 0 spiro atoms. The number of unbranched alkanes of at least 4 members (excludes halogenated alkanes) is 1. The van der Waals surface area contributed by atoms with Gasteiger partial charge in [-0.05, 0) is 29.2 Å². The van der Waals surface area contributed by atoms with E-state index in [1.54, 1.807) is 0 Å². The molecule has 0 heterocycles. The molecule has 1 atom stereocenters. The third-order valence-electron chi connectivity index (χ3n) is 4.74. The van der Waals surface area contributed by atoms with E-state index in [0.717, 1.165) is 29.2 Å². The van der Waals surface area contributed by atoms with E-state index in [-0.39, 0.29) is 6.42 Å². The summed E-state index contributed by atoms with van der Waals surface area (Å²) in [6.07, 6.45) is 1.87. The molecule has 0 aliphatic heterocycles. The van der Waals surface area contributed by atoms with Crippen LogP contribution in [0.2, 0.25) is 0 Å². The molecule has 0 fully saturated rings. The summed E-state index contributed by atoms with van der Waals surface area (Å²) in [4.78, 5) is 47.9. The van der Waals surface area contributed by atoms with E-state index in [4.69, 9.17) is 4.74 Å². The normalized spacial score (nSPS) is 11.5. The summed E-state index contributed by atoms with van der Waals surface area (Å²) in [6.45, 7) is 1.89. The SMILES string of the molecule is CCCCOC(=O)CC(Cc1ccc2ccccc2c1)C(=O)NCC(=O)C(=O)NC. The van der Waals surface area contributed by atoms with Crippen LogP contribution >= 0.6 is 0 Å². The number of ether oxygens (including phenoxy) is 1. The highest BCUT2D eigenvalue weighted by Crippen LogP contribution is 2.20. The van der Waals surface area contributed by atoms with E-state index in [2.05, 4.69) is 10.6 Å². The Bertz CT molecular complexity index is 909. The molecule has 2 aromatic carbocycles. The lowest BCUT2D eigenvalue weighted by atomic mass is 9.93. The maximum atomic E-state index is 12.7. The first-order chi connectivity index (χ1) is 14.4. The molecule has 0 aliphatic carbocycles. The summed E-state index contributed by atoms with van der Waals surface area (Å²) >= 11 is 0. The Hall–Kier alpha value is -3.22. The van der Waals surface area contributed by atoms with Crippen LogP contribution in [0, 0.1) is 5.92 Å². The lowest BCUT2D eigenvalue weighted by Crippen LogP contribution is -2.41. The lowest BCUT2D eigenvalue weighted by molar-refractivity contribution is -0.147. The van der Waals surface area contributed by atoms with Gasteiger partial charge in [-0.2, -0.15) is 0 Å². The van der Waals surface area contributed by atoms with E-state index in [0.29, 0.717) is 13.0 Å². The van der Waals surface area contributed by atoms with Gasteiger partial charge >= 0.3 is 5.97 Å². The molecule has 0 aliphatic rings. The summed E-state index contributed by atoms with van der Waals surface area (Å²) in [6, 6.07) is 13.7. The van der Waals surface area contributed by atoms with E-state index in [9.17, 15) is 19.2 Å². The number of rotatable bonds is 11. The van der Waals surface area contributed by atoms with Gasteiger partial charge in [0.25, 0.3) is 5.91 Å². The van der Waals surface area contributed by atoms with Crippen molar-refractivity contribution in [3.05, 3.63) is 48.0 Å². The van der Waals surface area contributed by atoms with Crippen molar-refractivity contribution in [3.63, 3.8) is 0 Å². The summed E-state index contributed by atoms with van der Waals surface area (Å²) < 4.78 is 5.20. The molecule has 0 aromatic heterocycles. The standard InChI is InChI=1S/C23H28N2O5/c1-3-4-11-30-21(27)14-19(22(28)25-15-20(26)23(29)24-2)13-16-9-10-17-7-5-6-8-18(17)12-16/h5-10,12,19H,3-4,11,13-15H2,1-2H3,(H,24,29)(H,25,28). The van der Waals surface area contributed by atoms with Gasteiger partial charge < -0.3 is 15.4 Å². The monoisotopic (exact) mass is 412 g/mol. The summed E-state index contributed by atoms with van der Waals surface area (Å²) in [5, 5.41) is 6.81. The van der Waals surface area contributed by atoms with Crippen molar-refractivity contribution >= 4 is 34.3 Å². The number of esters is 1. The van der Waals surface area contributed by atoms with Crippen molar-refractivity contribution in [2.45, 2.75) is 32.6 Å². The molecular formula is C23H28N2O5. The average molecular weight is 412 g/mol. The number of carbonyl (C=O) groups is 4. The van der Waals surface area contributed by atoms with Crippen LogP contribution in [0.5, 0.6) is 0 Å². The second kappa shape index (κ2) is 11.7. The number of nitrogens with one attached hydrogen (secondary N) is 2. The first-order valence-corrected chi connectivity index (χ1v) is 10.1. The molecule has 2 aromatic rings. The number of hydrogen-bond donors (Lipinski definition) is 2. The van der Waals surface area contributed by atoms with Crippen LogP contribution in [0.25, 0.3) is 10.8 Å². The Balaban J connectivity index is 2.10. The first kappa shape index (κ1) is 23.1. The number of benzene rings is 2. The summed E-state index contributed by atoms with van der Waals surface area (Å²) in [5.74, 6) is -3.16. The molecular weight excluding hydrogens is 384 g/mol. The van der Waals surface area contributed by atoms with E-state index < -0.39 is 36.0 Å². The molecule has 2 rings (SSSR count). The number of fused-ring (bicyclic) bond motifs is 1. The third kappa shape index (κ3) is 6.99. The number of ketones is 1. The van der Waals surface area contributed by atoms with E-state index in [1.807, 2.05) is 49.4 Å². The van der Waals surface area contributed by atoms with Gasteiger partial charge in [0.15, 0.2) is 0 Å². The molecule has 0 radical (unpaired) electrons. The van der Waals surface area contributed by atoms with Crippen molar-refractivity contribution in [1.29, 1.82) is 0 Å². The molecule has 0 saturated heterocycles. The van der Waals surface area contributed by atoms with Crippen LogP contribution in [0.3, 0.4) is 0 Å². The number of Topliss-reactive ketones (excluding diaryl/α,β-unsaturated/α-hetero) is 1. The van der Waals surface area contributed by atoms with Crippen molar-refractivity contribution < 1.29 is 23.9 Å². The zero-order valence-electron chi connectivity index (χ0n) is 17.4. The average Bonchev–Trinajstić information content (AvgIpc) is 2.76. The van der Waals surface area contributed by atoms with Crippen molar-refractivity contribution in [2.24, 2.45) is 5.92 Å². The molecule has 0 bridgehead atoms. The quantitative estimate of drug-likeness (QED) is 0.335. The molecule has 2 amide bonds. The predicted octanol–water partition coefficient (Wildman–Crippen LogP) is 2.16. The van der Waals surface area contributed by atoms with E-state index in [1.165, 1.54) is 7.05 Å². The van der Waals surface area contributed by atoms with Gasteiger partial charge in [-0.1, -0.05) is 55.8 Å². The van der Waals surface area contributed by atoms with Gasteiger partial charge in [-0.3, -0.25) is 19.2 Å². The minimum atomic E-state index is -0.777. The van der Waals surface area contributed by atoms with Crippen LogP contribution in [0.4, 0.5) is 0 Å². The zero-order valence-corrected chi connectivity index (χ0v) is 17.4. The predicted molar refractivity (Wildman–Crippen MR) is 114 cm³/mol. The van der Waals surface area contributed by atoms with Gasteiger partial charge in [0.1, 0.15) is 0 Å². The second-order valence-corrected chi connectivity index (χ2v) is 7.08. The van der Waals surface area contributed by atoms with Crippen LogP contribution in [0.15, 0.2) is 42.5 Å². The highest BCUT2D eigenvalue weighted by atomic mass is 16.5. The second-order valence-electron chi connectivity index (χ2n) is 7.08. The molecule has 1 unspecified atom stereocenters. The third-order valence-corrected chi connectivity index (χ3v) is 4.74. The van der Waals surface area contributed by atoms with Crippen LogP contribution in [0.1, 0.15) is 31.7 Å². The van der Waals surface area contributed by atoms with Gasteiger partial charge in [0.2, 0.25) is 11.7 Å². The van der Waals surface area contributed by atoms with Crippen LogP contribution in [-0.4, -0.2) is 43.8 Å². The fourth-order valence-electron chi connectivity index (χ4n) is 3.03. The molecule has 7 heteroatoms. The summed E-state index contributed by atoms with van der Waals surface area (Å²) in [5.41, 5.74) is 0.896. The van der Waals surface area contributed by atoms with Gasteiger partial charge in [-0.25, -0.2) is 0 Å². The molecule has 2 N–H and O–H groups in total. The van der Waals surface area contributed by atoms with Crippen LogP contribution < -0.4 is 10.6 Å². The smallest absolute Gasteiger partial charge is 0.306 e. The number of amides is 2. The summed E-state index contributed by atoms with van der Waals surface area (Å²) in [7, 11) is 1.34. The van der Waals surface area contributed by atoms with Crippen LogP contribution in [-0.2, 0) is 30.3 Å². The maximum absolute atomic E-state index is 12.7. The highest BCUT2D eigenvalue weighted by molar-refractivity contribution is 6.37. The minimum absolute atomic E-state index is 0.101. The van der Waals surface area contributed by atoms with E-state index >= 15 is 0 Å². The topological polar surface area (TPSA) is 102 Å². The molecule has 7 nitrogen and oxygen atoms in total. The van der Waals surface area contributed by atoms with Gasteiger partial charge in [0, 0.05) is 7.05 Å². The minimum Gasteiger partial charge on any atom is -0.466 e.